The number of methoxy groups -OCH3 is 2. The molecule has 0 spiro atoms. The predicted octanol–water partition coefficient (Wildman–Crippen LogP) is 2.21. The number of rotatable bonds is 7. The summed E-state index contributed by atoms with van der Waals surface area (Å²) in [5.74, 6) is 0.187. The second-order valence-corrected chi connectivity index (χ2v) is 7.75. The maximum absolute atomic E-state index is 12.9. The second kappa shape index (κ2) is 9.23. The number of carbonyl (C=O) groups excluding carboxylic acids is 3. The van der Waals surface area contributed by atoms with Gasteiger partial charge in [-0.3, -0.25) is 9.69 Å². The van der Waals surface area contributed by atoms with Gasteiger partial charge < -0.3 is 24.8 Å². The first-order valence-electron chi connectivity index (χ1n) is 10.4. The lowest BCUT2D eigenvalue weighted by Crippen LogP contribution is -2.50. The molecule has 0 saturated carbocycles. The Kier molecular flexibility index (Phi) is 6.21. The summed E-state index contributed by atoms with van der Waals surface area (Å²) in [5, 5.41) is 5.62. The molecular weight excluding hydrogens is 426 g/mol. The van der Waals surface area contributed by atoms with Gasteiger partial charge in [0.2, 0.25) is 5.91 Å². The molecule has 9 heteroatoms. The SMILES string of the molecule is COc1cccc(CNC(=O)CN2C(=O)NC(c3ccc(C)cc3)C3=C2COC3=O)c1OC. The summed E-state index contributed by atoms with van der Waals surface area (Å²) in [6.45, 7) is 1.83. The number of para-hydroxylation sites is 1. The number of esters is 1. The standard InChI is InChI=1S/C24H25N3O6/c1-14-7-9-15(10-8-14)21-20-17(13-33-23(20)29)27(24(30)26-21)12-19(28)25-11-16-5-4-6-18(31-2)22(16)32-3/h4-10,21H,11-13H2,1-3H3,(H,25,28)(H,26,30). The smallest absolute Gasteiger partial charge is 0.338 e. The fourth-order valence-electron chi connectivity index (χ4n) is 3.97. The molecule has 0 aliphatic carbocycles. The van der Waals surface area contributed by atoms with Crippen LogP contribution in [0, 0.1) is 6.92 Å². The molecule has 2 aromatic rings. The van der Waals surface area contributed by atoms with Gasteiger partial charge in [-0.2, -0.15) is 0 Å². The van der Waals surface area contributed by atoms with Gasteiger partial charge in [-0.15, -0.1) is 0 Å². The van der Waals surface area contributed by atoms with Crippen LogP contribution < -0.4 is 20.1 Å². The Hall–Kier alpha value is -4.01. The molecule has 2 N–H and O–H groups in total. The first kappa shape index (κ1) is 22.2. The van der Waals surface area contributed by atoms with E-state index in [1.165, 1.54) is 19.1 Å². The van der Waals surface area contributed by atoms with Gasteiger partial charge in [-0.05, 0) is 18.6 Å². The third kappa shape index (κ3) is 4.34. The molecule has 172 valence electrons. The molecule has 0 saturated heterocycles. The van der Waals surface area contributed by atoms with Crippen molar-refractivity contribution in [1.29, 1.82) is 0 Å². The monoisotopic (exact) mass is 451 g/mol. The van der Waals surface area contributed by atoms with Crippen molar-refractivity contribution in [3.8, 4) is 11.5 Å². The Morgan fingerprint density at radius 1 is 1.15 bits per heavy atom. The van der Waals surface area contributed by atoms with Gasteiger partial charge in [0.05, 0.1) is 31.5 Å². The van der Waals surface area contributed by atoms with Crippen molar-refractivity contribution in [3.63, 3.8) is 0 Å². The number of nitrogens with one attached hydrogen (secondary N) is 2. The molecule has 9 nitrogen and oxygen atoms in total. The van der Waals surface area contributed by atoms with E-state index in [9.17, 15) is 14.4 Å². The van der Waals surface area contributed by atoms with Crippen molar-refractivity contribution in [3.05, 3.63) is 70.4 Å². The van der Waals surface area contributed by atoms with Gasteiger partial charge in [0, 0.05) is 12.1 Å². The van der Waals surface area contributed by atoms with Crippen molar-refractivity contribution < 1.29 is 28.6 Å². The lowest BCUT2D eigenvalue weighted by molar-refractivity contribution is -0.136. The van der Waals surface area contributed by atoms with Crippen LogP contribution >= 0.6 is 0 Å². The Balaban J connectivity index is 1.51. The third-order valence-electron chi connectivity index (χ3n) is 5.67. The van der Waals surface area contributed by atoms with E-state index in [-0.39, 0.29) is 19.7 Å². The highest BCUT2D eigenvalue weighted by Crippen LogP contribution is 2.35. The highest BCUT2D eigenvalue weighted by molar-refractivity contribution is 5.98. The van der Waals surface area contributed by atoms with E-state index in [2.05, 4.69) is 10.6 Å². The Bertz CT molecular complexity index is 1130. The van der Waals surface area contributed by atoms with E-state index in [1.54, 1.807) is 12.1 Å². The summed E-state index contributed by atoms with van der Waals surface area (Å²) >= 11 is 0. The Labute approximate surface area is 191 Å². The normalized spacial score (nSPS) is 17.3. The van der Waals surface area contributed by atoms with Crippen molar-refractivity contribution in [2.45, 2.75) is 19.5 Å². The number of cyclic esters (lactones) is 1. The van der Waals surface area contributed by atoms with E-state index < -0.39 is 23.9 Å². The molecule has 2 aliphatic heterocycles. The van der Waals surface area contributed by atoms with Crippen molar-refractivity contribution >= 4 is 17.9 Å². The van der Waals surface area contributed by atoms with E-state index in [1.807, 2.05) is 37.3 Å². The zero-order valence-electron chi connectivity index (χ0n) is 18.6. The van der Waals surface area contributed by atoms with Crippen LogP contribution in [-0.2, 0) is 20.9 Å². The number of urea groups is 1. The van der Waals surface area contributed by atoms with Crippen molar-refractivity contribution in [1.82, 2.24) is 15.5 Å². The maximum atomic E-state index is 12.9. The number of carbonyl (C=O) groups is 3. The molecule has 0 radical (unpaired) electrons. The summed E-state index contributed by atoms with van der Waals surface area (Å²) in [5.41, 5.74) is 3.32. The first-order chi connectivity index (χ1) is 15.9. The van der Waals surface area contributed by atoms with Gasteiger partial charge in [0.1, 0.15) is 13.2 Å². The molecule has 0 aromatic heterocycles. The largest absolute Gasteiger partial charge is 0.493 e. The lowest BCUT2D eigenvalue weighted by Gasteiger charge is -2.32. The molecule has 1 atom stereocenters. The molecular formula is C24H25N3O6. The molecule has 2 aromatic carbocycles. The number of aryl methyl sites for hydroxylation is 1. The lowest BCUT2D eigenvalue weighted by atomic mass is 9.95. The summed E-state index contributed by atoms with van der Waals surface area (Å²) in [6.07, 6.45) is 0. The number of nitrogens with zero attached hydrogens (tertiary/aromatic N) is 1. The van der Waals surface area contributed by atoms with E-state index in [0.29, 0.717) is 22.8 Å². The highest BCUT2D eigenvalue weighted by atomic mass is 16.5. The summed E-state index contributed by atoms with van der Waals surface area (Å²) in [4.78, 5) is 39.3. The average Bonchev–Trinajstić information content (AvgIpc) is 3.21. The molecule has 3 amide bonds. The fourth-order valence-corrected chi connectivity index (χ4v) is 3.97. The van der Waals surface area contributed by atoms with Crippen LogP contribution in [0.4, 0.5) is 4.79 Å². The molecule has 2 aliphatic rings. The first-order valence-corrected chi connectivity index (χ1v) is 10.4. The molecule has 0 bridgehead atoms. The topological polar surface area (TPSA) is 106 Å². The van der Waals surface area contributed by atoms with Crippen LogP contribution in [0.3, 0.4) is 0 Å². The maximum Gasteiger partial charge on any atom is 0.338 e. The quantitative estimate of drug-likeness (QED) is 0.626. The van der Waals surface area contributed by atoms with Crippen LogP contribution in [0.2, 0.25) is 0 Å². The third-order valence-corrected chi connectivity index (χ3v) is 5.67. The van der Waals surface area contributed by atoms with Gasteiger partial charge in [-0.25, -0.2) is 9.59 Å². The minimum Gasteiger partial charge on any atom is -0.493 e. The van der Waals surface area contributed by atoms with Gasteiger partial charge in [-0.1, -0.05) is 42.0 Å². The number of ether oxygens (including phenoxy) is 3. The van der Waals surface area contributed by atoms with Gasteiger partial charge >= 0.3 is 12.0 Å². The molecule has 1 unspecified atom stereocenters. The zero-order valence-corrected chi connectivity index (χ0v) is 18.6. The Morgan fingerprint density at radius 3 is 2.61 bits per heavy atom. The minimum absolute atomic E-state index is 0.0546. The number of hydrogen-bond acceptors (Lipinski definition) is 6. The molecule has 2 heterocycles. The summed E-state index contributed by atoms with van der Waals surface area (Å²) in [7, 11) is 3.06. The summed E-state index contributed by atoms with van der Waals surface area (Å²) in [6, 6.07) is 11.8. The Morgan fingerprint density at radius 2 is 1.91 bits per heavy atom. The highest BCUT2D eigenvalue weighted by Gasteiger charge is 2.42. The van der Waals surface area contributed by atoms with Gasteiger partial charge in [0.25, 0.3) is 0 Å². The fraction of sp³-hybridized carbons (Fsp3) is 0.292. The van der Waals surface area contributed by atoms with E-state index in [0.717, 1.165) is 16.7 Å². The second-order valence-electron chi connectivity index (χ2n) is 7.75. The van der Waals surface area contributed by atoms with E-state index in [4.69, 9.17) is 14.2 Å². The van der Waals surface area contributed by atoms with Crippen LogP contribution in [0.25, 0.3) is 0 Å². The number of benzene rings is 2. The van der Waals surface area contributed by atoms with Crippen molar-refractivity contribution in [2.75, 3.05) is 27.4 Å². The summed E-state index contributed by atoms with van der Waals surface area (Å²) < 4.78 is 15.9. The van der Waals surface area contributed by atoms with Crippen LogP contribution in [0.1, 0.15) is 22.7 Å². The van der Waals surface area contributed by atoms with E-state index >= 15 is 0 Å². The number of hydrogen-bond donors (Lipinski definition) is 2. The van der Waals surface area contributed by atoms with Crippen LogP contribution in [-0.4, -0.2) is 50.2 Å². The predicted molar refractivity (Wildman–Crippen MR) is 119 cm³/mol. The zero-order chi connectivity index (χ0) is 23.5. The van der Waals surface area contributed by atoms with Crippen LogP contribution in [0.5, 0.6) is 11.5 Å². The molecule has 0 fully saturated rings. The average molecular weight is 451 g/mol. The van der Waals surface area contributed by atoms with Crippen molar-refractivity contribution in [2.24, 2.45) is 0 Å². The number of amides is 3. The minimum atomic E-state index is -0.622. The van der Waals surface area contributed by atoms with Crippen LogP contribution in [0.15, 0.2) is 53.7 Å². The van der Waals surface area contributed by atoms with Gasteiger partial charge in [0.15, 0.2) is 11.5 Å². The molecule has 33 heavy (non-hydrogen) atoms. The molecule has 4 rings (SSSR count).